The molecule has 0 aliphatic rings. The van der Waals surface area contributed by atoms with E-state index in [0.717, 1.165) is 13.0 Å². The molecule has 1 aromatic heterocycles. The van der Waals surface area contributed by atoms with Gasteiger partial charge in [0, 0.05) is 11.6 Å². The molecule has 2 aromatic rings. The molecule has 2 N–H and O–H groups in total. The molecule has 0 unspecified atom stereocenters. The Kier molecular flexibility index (Phi) is 4.70. The van der Waals surface area contributed by atoms with E-state index in [1.807, 2.05) is 6.92 Å². The standard InChI is InChI=1S/C13H16ClN5O/c1-3-8-15-18-12-16-9(2)19(13(20)17-12)11-6-4-10(14)5-7-11/h4-7,15H,3,8H2,1-2H3,(H,17,18,20). The number of hydrogen-bond acceptors (Lipinski definition) is 5. The molecule has 2 rings (SSSR count). The highest BCUT2D eigenvalue weighted by molar-refractivity contribution is 6.30. The minimum Gasteiger partial charge on any atom is -0.289 e. The maximum absolute atomic E-state index is 12.1. The summed E-state index contributed by atoms with van der Waals surface area (Å²) in [7, 11) is 0. The molecule has 0 amide bonds. The lowest BCUT2D eigenvalue weighted by molar-refractivity contribution is 0.732. The molecule has 0 bridgehead atoms. The van der Waals surface area contributed by atoms with Crippen LogP contribution >= 0.6 is 11.6 Å². The Bertz CT molecular complexity index is 638. The first-order valence-electron chi connectivity index (χ1n) is 6.34. The molecule has 0 radical (unpaired) electrons. The average Bonchev–Trinajstić information content (AvgIpc) is 2.40. The van der Waals surface area contributed by atoms with Gasteiger partial charge in [-0.1, -0.05) is 18.5 Å². The lowest BCUT2D eigenvalue weighted by atomic mass is 10.3. The maximum atomic E-state index is 12.1. The number of nitrogens with one attached hydrogen (secondary N) is 2. The number of aromatic nitrogens is 3. The van der Waals surface area contributed by atoms with Gasteiger partial charge in [-0.05, 0) is 37.6 Å². The molecule has 0 atom stereocenters. The third-order valence-corrected chi connectivity index (χ3v) is 2.90. The van der Waals surface area contributed by atoms with Crippen LogP contribution in [0.3, 0.4) is 0 Å². The van der Waals surface area contributed by atoms with Crippen molar-refractivity contribution in [3.63, 3.8) is 0 Å². The quantitative estimate of drug-likeness (QED) is 0.651. The van der Waals surface area contributed by atoms with Crippen LogP contribution in [0.1, 0.15) is 19.2 Å². The second-order valence-corrected chi connectivity index (χ2v) is 4.68. The van der Waals surface area contributed by atoms with Crippen molar-refractivity contribution in [3.8, 4) is 5.69 Å². The highest BCUT2D eigenvalue weighted by atomic mass is 35.5. The Hall–Kier alpha value is -1.92. The number of hydrazine groups is 1. The van der Waals surface area contributed by atoms with Crippen LogP contribution < -0.4 is 16.5 Å². The fourth-order valence-corrected chi connectivity index (χ4v) is 1.84. The molecule has 0 saturated heterocycles. The average molecular weight is 294 g/mol. The smallest absolute Gasteiger partial charge is 0.289 e. The number of hydrogen-bond donors (Lipinski definition) is 2. The van der Waals surface area contributed by atoms with Gasteiger partial charge in [-0.25, -0.2) is 14.8 Å². The molecule has 0 fully saturated rings. The minimum absolute atomic E-state index is 0.270. The maximum Gasteiger partial charge on any atom is 0.356 e. The molecule has 106 valence electrons. The van der Waals surface area contributed by atoms with E-state index in [0.29, 0.717) is 16.5 Å². The van der Waals surface area contributed by atoms with Gasteiger partial charge >= 0.3 is 5.69 Å². The summed E-state index contributed by atoms with van der Waals surface area (Å²) in [6, 6.07) is 6.94. The van der Waals surface area contributed by atoms with Crippen molar-refractivity contribution >= 4 is 17.5 Å². The van der Waals surface area contributed by atoms with E-state index in [1.54, 1.807) is 31.2 Å². The van der Waals surface area contributed by atoms with Crippen molar-refractivity contribution < 1.29 is 0 Å². The Balaban J connectivity index is 2.31. The lowest BCUT2D eigenvalue weighted by Crippen LogP contribution is -2.30. The molecule has 6 nitrogen and oxygen atoms in total. The molecule has 0 spiro atoms. The Morgan fingerprint density at radius 3 is 2.55 bits per heavy atom. The van der Waals surface area contributed by atoms with Gasteiger partial charge in [0.15, 0.2) is 0 Å². The largest absolute Gasteiger partial charge is 0.356 e. The number of anilines is 1. The van der Waals surface area contributed by atoms with Crippen molar-refractivity contribution in [2.75, 3.05) is 12.0 Å². The summed E-state index contributed by atoms with van der Waals surface area (Å²) < 4.78 is 1.43. The third-order valence-electron chi connectivity index (χ3n) is 2.64. The van der Waals surface area contributed by atoms with Gasteiger partial charge in [0.05, 0.1) is 5.69 Å². The third kappa shape index (κ3) is 3.34. The van der Waals surface area contributed by atoms with Crippen molar-refractivity contribution in [2.45, 2.75) is 20.3 Å². The molecular formula is C13H16ClN5O. The topological polar surface area (TPSA) is 71.8 Å². The van der Waals surface area contributed by atoms with Crippen molar-refractivity contribution in [3.05, 3.63) is 45.6 Å². The van der Waals surface area contributed by atoms with E-state index in [4.69, 9.17) is 11.6 Å². The Morgan fingerprint density at radius 1 is 1.25 bits per heavy atom. The van der Waals surface area contributed by atoms with Gasteiger partial charge in [-0.3, -0.25) is 5.43 Å². The van der Waals surface area contributed by atoms with Crippen LogP contribution in [0.2, 0.25) is 5.02 Å². The highest BCUT2D eigenvalue weighted by Gasteiger charge is 2.08. The van der Waals surface area contributed by atoms with Crippen LogP contribution in [-0.4, -0.2) is 21.1 Å². The van der Waals surface area contributed by atoms with Gasteiger partial charge in [-0.15, -0.1) is 0 Å². The van der Waals surface area contributed by atoms with E-state index in [1.165, 1.54) is 4.57 Å². The number of benzene rings is 1. The number of rotatable bonds is 5. The van der Waals surface area contributed by atoms with Crippen LogP contribution in [0.25, 0.3) is 5.69 Å². The predicted molar refractivity (Wildman–Crippen MR) is 79.3 cm³/mol. The highest BCUT2D eigenvalue weighted by Crippen LogP contribution is 2.13. The molecule has 0 aliphatic carbocycles. The van der Waals surface area contributed by atoms with Crippen LogP contribution in [0, 0.1) is 6.92 Å². The zero-order chi connectivity index (χ0) is 14.5. The van der Waals surface area contributed by atoms with Crippen LogP contribution in [0.5, 0.6) is 0 Å². The van der Waals surface area contributed by atoms with E-state index in [9.17, 15) is 4.79 Å². The van der Waals surface area contributed by atoms with Crippen LogP contribution in [0.15, 0.2) is 29.1 Å². The monoisotopic (exact) mass is 293 g/mol. The summed E-state index contributed by atoms with van der Waals surface area (Å²) in [5.74, 6) is 0.819. The second-order valence-electron chi connectivity index (χ2n) is 4.24. The first-order valence-corrected chi connectivity index (χ1v) is 6.72. The summed E-state index contributed by atoms with van der Waals surface area (Å²) in [5.41, 5.74) is 6.04. The molecule has 1 aromatic carbocycles. The van der Waals surface area contributed by atoms with Crippen LogP contribution in [0.4, 0.5) is 5.95 Å². The molecule has 7 heteroatoms. The molecule has 0 aliphatic heterocycles. The zero-order valence-corrected chi connectivity index (χ0v) is 12.1. The fraction of sp³-hybridized carbons (Fsp3) is 0.308. The summed E-state index contributed by atoms with van der Waals surface area (Å²) in [5, 5.41) is 0.613. The number of aryl methyl sites for hydroxylation is 1. The normalized spacial score (nSPS) is 10.6. The van der Waals surface area contributed by atoms with Crippen molar-refractivity contribution in [1.82, 2.24) is 20.0 Å². The van der Waals surface area contributed by atoms with E-state index in [-0.39, 0.29) is 11.6 Å². The summed E-state index contributed by atoms with van der Waals surface area (Å²) in [4.78, 5) is 20.2. The van der Waals surface area contributed by atoms with Gasteiger partial charge in [0.2, 0.25) is 5.95 Å². The molecular weight excluding hydrogens is 278 g/mol. The number of nitrogens with zero attached hydrogens (tertiary/aromatic N) is 3. The second kappa shape index (κ2) is 6.49. The fourth-order valence-electron chi connectivity index (χ4n) is 1.72. The summed E-state index contributed by atoms with van der Waals surface area (Å²) in [6.45, 7) is 4.56. The zero-order valence-electron chi connectivity index (χ0n) is 11.4. The van der Waals surface area contributed by atoms with Gasteiger partial charge in [0.25, 0.3) is 0 Å². The SMILES string of the molecule is CCCNNc1nc(C)n(-c2ccc(Cl)cc2)c(=O)n1. The molecule has 1 heterocycles. The van der Waals surface area contributed by atoms with Gasteiger partial charge in [0.1, 0.15) is 5.82 Å². The van der Waals surface area contributed by atoms with Gasteiger partial charge < -0.3 is 0 Å². The van der Waals surface area contributed by atoms with E-state index >= 15 is 0 Å². The Labute approximate surface area is 121 Å². The van der Waals surface area contributed by atoms with Gasteiger partial charge in [-0.2, -0.15) is 9.97 Å². The van der Waals surface area contributed by atoms with Crippen LogP contribution in [-0.2, 0) is 0 Å². The summed E-state index contributed by atoms with van der Waals surface area (Å²) >= 11 is 5.84. The van der Waals surface area contributed by atoms with Crippen molar-refractivity contribution in [2.24, 2.45) is 0 Å². The van der Waals surface area contributed by atoms with E-state index in [2.05, 4.69) is 20.8 Å². The molecule has 20 heavy (non-hydrogen) atoms. The predicted octanol–water partition coefficient (Wildman–Crippen LogP) is 1.92. The molecule has 0 saturated carbocycles. The number of halogens is 1. The van der Waals surface area contributed by atoms with E-state index < -0.39 is 0 Å². The Morgan fingerprint density at radius 2 is 1.95 bits per heavy atom. The minimum atomic E-state index is -0.388. The first kappa shape index (κ1) is 14.5. The van der Waals surface area contributed by atoms with Crippen molar-refractivity contribution in [1.29, 1.82) is 0 Å². The first-order chi connectivity index (χ1) is 9.61. The lowest BCUT2D eigenvalue weighted by Gasteiger charge is -2.11. The summed E-state index contributed by atoms with van der Waals surface area (Å²) in [6.07, 6.45) is 0.966.